The second-order valence-corrected chi connectivity index (χ2v) is 7.54. The van der Waals surface area contributed by atoms with Crippen molar-refractivity contribution in [3.05, 3.63) is 71.7 Å². The van der Waals surface area contributed by atoms with Crippen LogP contribution in [0.25, 0.3) is 21.5 Å². The van der Waals surface area contributed by atoms with Gasteiger partial charge < -0.3 is 9.15 Å². The van der Waals surface area contributed by atoms with Gasteiger partial charge in [-0.25, -0.2) is 9.97 Å². The van der Waals surface area contributed by atoms with Gasteiger partial charge in [-0.1, -0.05) is 42.5 Å². The lowest BCUT2D eigenvalue weighted by molar-refractivity contribution is -0.145. The van der Waals surface area contributed by atoms with E-state index in [9.17, 15) is 4.79 Å². The van der Waals surface area contributed by atoms with Gasteiger partial charge >= 0.3 is 5.97 Å². The normalized spacial score (nSPS) is 11.0. The summed E-state index contributed by atoms with van der Waals surface area (Å²) >= 11 is 1.72. The molecule has 0 unspecified atom stereocenters. The predicted molar refractivity (Wildman–Crippen MR) is 109 cm³/mol. The van der Waals surface area contributed by atoms with E-state index in [1.165, 1.54) is 4.70 Å². The average molecular weight is 392 g/mol. The number of carbonyl (C=O) groups excluding carboxylic acids is 1. The zero-order valence-corrected chi connectivity index (χ0v) is 16.2. The van der Waals surface area contributed by atoms with E-state index in [4.69, 9.17) is 9.15 Å². The van der Waals surface area contributed by atoms with E-state index in [1.54, 1.807) is 17.5 Å². The average Bonchev–Trinajstić information content (AvgIpc) is 3.37. The monoisotopic (exact) mass is 392 g/mol. The number of aromatic nitrogens is 2. The summed E-state index contributed by atoms with van der Waals surface area (Å²) in [6.45, 7) is 0.0591. The van der Waals surface area contributed by atoms with Crippen LogP contribution < -0.4 is 0 Å². The van der Waals surface area contributed by atoms with Crippen LogP contribution in [0.2, 0.25) is 0 Å². The van der Waals surface area contributed by atoms with Crippen LogP contribution in [0.4, 0.5) is 0 Å². The van der Waals surface area contributed by atoms with Gasteiger partial charge in [0.05, 0.1) is 21.4 Å². The number of fused-ring (bicyclic) bond motifs is 1. The lowest BCUT2D eigenvalue weighted by Gasteiger charge is -2.02. The molecule has 0 saturated carbocycles. The molecule has 0 amide bonds. The molecule has 2 aromatic heterocycles. The zero-order valence-electron chi connectivity index (χ0n) is 15.3. The van der Waals surface area contributed by atoms with E-state index in [0.29, 0.717) is 18.1 Å². The Morgan fingerprint density at radius 1 is 1.04 bits per heavy atom. The highest BCUT2D eigenvalue weighted by Crippen LogP contribution is 2.23. The number of ether oxygens (including phenoxy) is 1. The minimum atomic E-state index is -0.233. The molecule has 6 heteroatoms. The molecule has 28 heavy (non-hydrogen) atoms. The van der Waals surface area contributed by atoms with Crippen molar-refractivity contribution < 1.29 is 13.9 Å². The highest BCUT2D eigenvalue weighted by Gasteiger charge is 2.10. The number of para-hydroxylation sites is 1. The fourth-order valence-electron chi connectivity index (χ4n) is 2.90. The van der Waals surface area contributed by atoms with Gasteiger partial charge in [-0.2, -0.15) is 0 Å². The molecule has 2 aromatic carbocycles. The molecule has 0 aliphatic rings. The molecule has 0 aliphatic heterocycles. The summed E-state index contributed by atoms with van der Waals surface area (Å²) in [4.78, 5) is 20.7. The van der Waals surface area contributed by atoms with Gasteiger partial charge in [0.15, 0.2) is 12.4 Å². The van der Waals surface area contributed by atoms with E-state index in [0.717, 1.165) is 35.4 Å². The van der Waals surface area contributed by atoms with Crippen LogP contribution in [0.3, 0.4) is 0 Å². The maximum atomic E-state index is 11.9. The first kappa shape index (κ1) is 18.4. The summed E-state index contributed by atoms with van der Waals surface area (Å²) < 4.78 is 12.1. The first-order valence-corrected chi connectivity index (χ1v) is 10.1. The molecule has 0 fully saturated rings. The van der Waals surface area contributed by atoms with Crippen molar-refractivity contribution in [2.75, 3.05) is 0 Å². The van der Waals surface area contributed by atoms with Crippen molar-refractivity contribution in [1.82, 2.24) is 9.97 Å². The van der Waals surface area contributed by atoms with Crippen LogP contribution in [-0.2, 0) is 22.6 Å². The number of hydrogen-bond acceptors (Lipinski definition) is 6. The largest absolute Gasteiger partial charge is 0.456 e. The third-order valence-corrected chi connectivity index (χ3v) is 5.42. The standard InChI is InChI=1S/C22H20N2O3S/c25-22(13-7-6-12-21-24-17-10-4-5-11-19(17)28-21)26-15-20-23-14-18(27-20)16-8-2-1-3-9-16/h1-5,8-11,14H,6-7,12-13,15H2. The summed E-state index contributed by atoms with van der Waals surface area (Å²) in [5.74, 6) is 0.841. The van der Waals surface area contributed by atoms with E-state index in [2.05, 4.69) is 16.0 Å². The molecular formula is C22H20N2O3S. The topological polar surface area (TPSA) is 65.2 Å². The van der Waals surface area contributed by atoms with Crippen molar-refractivity contribution in [1.29, 1.82) is 0 Å². The van der Waals surface area contributed by atoms with Crippen molar-refractivity contribution in [3.63, 3.8) is 0 Å². The van der Waals surface area contributed by atoms with Crippen LogP contribution in [0.1, 0.15) is 30.2 Å². The highest BCUT2D eigenvalue weighted by atomic mass is 32.1. The van der Waals surface area contributed by atoms with Crippen molar-refractivity contribution in [3.8, 4) is 11.3 Å². The smallest absolute Gasteiger partial charge is 0.306 e. The molecule has 4 aromatic rings. The number of aryl methyl sites for hydroxylation is 1. The van der Waals surface area contributed by atoms with Crippen molar-refractivity contribution >= 4 is 27.5 Å². The van der Waals surface area contributed by atoms with Gasteiger partial charge in [0.1, 0.15) is 0 Å². The number of esters is 1. The SMILES string of the molecule is O=C(CCCCc1nc2ccccc2s1)OCc1ncc(-c2ccccc2)o1. The molecule has 0 spiro atoms. The third kappa shape index (κ3) is 4.64. The summed E-state index contributed by atoms with van der Waals surface area (Å²) in [6.07, 6.45) is 4.60. The van der Waals surface area contributed by atoms with E-state index < -0.39 is 0 Å². The van der Waals surface area contributed by atoms with E-state index >= 15 is 0 Å². The summed E-state index contributed by atoms with van der Waals surface area (Å²) in [6, 6.07) is 17.8. The Labute approximate surface area is 167 Å². The van der Waals surface area contributed by atoms with Gasteiger partial charge in [0.2, 0.25) is 5.89 Å². The zero-order chi connectivity index (χ0) is 19.2. The second kappa shape index (κ2) is 8.80. The molecule has 4 rings (SSSR count). The number of nitrogens with zero attached hydrogens (tertiary/aromatic N) is 2. The van der Waals surface area contributed by atoms with Crippen LogP contribution in [0, 0.1) is 0 Å². The molecular weight excluding hydrogens is 372 g/mol. The summed E-state index contributed by atoms with van der Waals surface area (Å²) in [5.41, 5.74) is 1.99. The summed E-state index contributed by atoms with van der Waals surface area (Å²) in [5, 5.41) is 1.11. The Bertz CT molecular complexity index is 1020. The number of carbonyl (C=O) groups is 1. The minimum Gasteiger partial charge on any atom is -0.456 e. The molecule has 0 radical (unpaired) electrons. The molecule has 0 aliphatic carbocycles. The summed E-state index contributed by atoms with van der Waals surface area (Å²) in [7, 11) is 0. The molecule has 0 saturated heterocycles. The Kier molecular flexibility index (Phi) is 5.77. The number of benzene rings is 2. The maximum Gasteiger partial charge on any atom is 0.306 e. The molecule has 0 N–H and O–H groups in total. The fraction of sp³-hybridized carbons (Fsp3) is 0.227. The van der Waals surface area contributed by atoms with Crippen LogP contribution in [0.15, 0.2) is 65.2 Å². The third-order valence-electron chi connectivity index (χ3n) is 4.33. The van der Waals surface area contributed by atoms with Crippen LogP contribution in [0.5, 0.6) is 0 Å². The Morgan fingerprint density at radius 2 is 1.86 bits per heavy atom. The highest BCUT2D eigenvalue weighted by molar-refractivity contribution is 7.18. The second-order valence-electron chi connectivity index (χ2n) is 6.43. The number of oxazole rings is 1. The van der Waals surface area contributed by atoms with Crippen LogP contribution >= 0.6 is 11.3 Å². The van der Waals surface area contributed by atoms with E-state index in [-0.39, 0.29) is 12.6 Å². The van der Waals surface area contributed by atoms with E-state index in [1.807, 2.05) is 48.5 Å². The number of rotatable bonds is 8. The molecule has 5 nitrogen and oxygen atoms in total. The van der Waals surface area contributed by atoms with Gasteiger partial charge in [-0.05, 0) is 31.4 Å². The fourth-order valence-corrected chi connectivity index (χ4v) is 3.91. The van der Waals surface area contributed by atoms with Gasteiger partial charge in [0.25, 0.3) is 0 Å². The van der Waals surface area contributed by atoms with Gasteiger partial charge in [0, 0.05) is 12.0 Å². The number of hydrogen-bond donors (Lipinski definition) is 0. The molecule has 0 atom stereocenters. The molecule has 2 heterocycles. The predicted octanol–water partition coefficient (Wildman–Crippen LogP) is 5.41. The first-order chi connectivity index (χ1) is 13.8. The minimum absolute atomic E-state index is 0.0591. The van der Waals surface area contributed by atoms with Crippen molar-refractivity contribution in [2.45, 2.75) is 32.3 Å². The quantitative estimate of drug-likeness (QED) is 0.296. The number of unbranched alkanes of at least 4 members (excludes halogenated alkanes) is 1. The number of thiazole rings is 1. The lowest BCUT2D eigenvalue weighted by Crippen LogP contribution is -2.04. The van der Waals surface area contributed by atoms with Gasteiger partial charge in [-0.15, -0.1) is 11.3 Å². The van der Waals surface area contributed by atoms with Gasteiger partial charge in [-0.3, -0.25) is 4.79 Å². The first-order valence-electron chi connectivity index (χ1n) is 9.28. The lowest BCUT2D eigenvalue weighted by atomic mass is 10.2. The maximum absolute atomic E-state index is 11.9. The Morgan fingerprint density at radius 3 is 2.71 bits per heavy atom. The Balaban J connectivity index is 1.18. The molecule has 0 bridgehead atoms. The van der Waals surface area contributed by atoms with Crippen LogP contribution in [-0.4, -0.2) is 15.9 Å². The Hall–Kier alpha value is -2.99. The molecule has 142 valence electrons. The van der Waals surface area contributed by atoms with Crippen molar-refractivity contribution in [2.24, 2.45) is 0 Å².